The average Bonchev–Trinajstić information content (AvgIpc) is 2.28. The van der Waals surface area contributed by atoms with Crippen LogP contribution in [0.5, 0.6) is 0 Å². The van der Waals surface area contributed by atoms with Gasteiger partial charge in [-0.15, -0.1) is 0 Å². The van der Waals surface area contributed by atoms with Crippen molar-refractivity contribution in [2.24, 2.45) is 17.8 Å². The second-order valence-corrected chi connectivity index (χ2v) is 5.23. The topological polar surface area (TPSA) is 20.2 Å². The van der Waals surface area contributed by atoms with Crippen LogP contribution in [0.15, 0.2) is 23.8 Å². The van der Waals surface area contributed by atoms with Crippen molar-refractivity contribution < 1.29 is 5.11 Å². The normalized spacial score (nSPS) is 35.6. The van der Waals surface area contributed by atoms with E-state index in [9.17, 15) is 0 Å². The highest BCUT2D eigenvalue weighted by atomic mass is 16.3. The van der Waals surface area contributed by atoms with Gasteiger partial charge in [0.05, 0.1) is 6.61 Å². The van der Waals surface area contributed by atoms with Crippen molar-refractivity contribution in [3.63, 3.8) is 0 Å². The monoisotopic (exact) mass is 206 g/mol. The molecule has 0 bridgehead atoms. The van der Waals surface area contributed by atoms with E-state index >= 15 is 0 Å². The standard InChI is InChI=1S/C14H22O/c1-10-4-3-5-12-6-7-13(8-14(10)12)11(2)9-15/h5,10,13-15H,2-4,6-9H2,1H3/t10-,13-,14?/m1/s1. The van der Waals surface area contributed by atoms with Crippen LogP contribution in [0.4, 0.5) is 0 Å². The van der Waals surface area contributed by atoms with Crippen molar-refractivity contribution in [2.75, 3.05) is 6.61 Å². The smallest absolute Gasteiger partial charge is 0.0641 e. The van der Waals surface area contributed by atoms with Gasteiger partial charge in [0.2, 0.25) is 0 Å². The average molecular weight is 206 g/mol. The van der Waals surface area contributed by atoms with Crippen LogP contribution in [0.2, 0.25) is 0 Å². The van der Waals surface area contributed by atoms with Gasteiger partial charge in [0.1, 0.15) is 0 Å². The molecular weight excluding hydrogens is 184 g/mol. The minimum absolute atomic E-state index is 0.171. The van der Waals surface area contributed by atoms with Crippen LogP contribution in [-0.4, -0.2) is 11.7 Å². The third kappa shape index (κ3) is 2.17. The van der Waals surface area contributed by atoms with E-state index in [2.05, 4.69) is 19.6 Å². The van der Waals surface area contributed by atoms with Gasteiger partial charge < -0.3 is 5.11 Å². The summed E-state index contributed by atoms with van der Waals surface area (Å²) < 4.78 is 0. The zero-order valence-electron chi connectivity index (χ0n) is 9.71. The van der Waals surface area contributed by atoms with Gasteiger partial charge in [0.25, 0.3) is 0 Å². The van der Waals surface area contributed by atoms with Crippen molar-refractivity contribution in [3.05, 3.63) is 23.8 Å². The van der Waals surface area contributed by atoms with E-state index < -0.39 is 0 Å². The molecule has 2 aliphatic carbocycles. The Labute approximate surface area is 92.9 Å². The third-order valence-corrected chi connectivity index (χ3v) is 4.29. The molecule has 0 spiro atoms. The third-order valence-electron chi connectivity index (χ3n) is 4.29. The largest absolute Gasteiger partial charge is 0.392 e. The molecule has 0 aromatic carbocycles. The minimum atomic E-state index is 0.171. The molecule has 2 aliphatic rings. The van der Waals surface area contributed by atoms with Crippen molar-refractivity contribution in [2.45, 2.75) is 39.0 Å². The molecule has 15 heavy (non-hydrogen) atoms. The quantitative estimate of drug-likeness (QED) is 0.687. The van der Waals surface area contributed by atoms with Crippen LogP contribution in [0.25, 0.3) is 0 Å². The second kappa shape index (κ2) is 4.52. The summed E-state index contributed by atoms with van der Waals surface area (Å²) in [5.41, 5.74) is 2.74. The van der Waals surface area contributed by atoms with Gasteiger partial charge in [-0.2, -0.15) is 0 Å². The van der Waals surface area contributed by atoms with Crippen molar-refractivity contribution >= 4 is 0 Å². The van der Waals surface area contributed by atoms with Crippen molar-refractivity contribution in [1.29, 1.82) is 0 Å². The molecule has 1 nitrogen and oxygen atoms in total. The summed E-state index contributed by atoms with van der Waals surface area (Å²) in [5.74, 6) is 2.18. The molecule has 0 radical (unpaired) electrons. The Morgan fingerprint density at radius 3 is 3.07 bits per heavy atom. The molecule has 0 heterocycles. The first kappa shape index (κ1) is 10.9. The fourth-order valence-electron chi connectivity index (χ4n) is 3.19. The Morgan fingerprint density at radius 1 is 1.53 bits per heavy atom. The van der Waals surface area contributed by atoms with Gasteiger partial charge >= 0.3 is 0 Å². The first-order valence-corrected chi connectivity index (χ1v) is 6.19. The molecule has 0 aromatic heterocycles. The lowest BCUT2D eigenvalue weighted by molar-refractivity contribution is 0.243. The fourth-order valence-corrected chi connectivity index (χ4v) is 3.19. The van der Waals surface area contributed by atoms with Crippen LogP contribution >= 0.6 is 0 Å². The Kier molecular flexibility index (Phi) is 3.30. The van der Waals surface area contributed by atoms with Crippen LogP contribution in [0.1, 0.15) is 39.0 Å². The van der Waals surface area contributed by atoms with Gasteiger partial charge in [0, 0.05) is 0 Å². The SMILES string of the molecule is C=C(CO)[C@@H]1CCC2=CCC[C@@H](C)C2C1. The minimum Gasteiger partial charge on any atom is -0.392 e. The first-order chi connectivity index (χ1) is 7.22. The molecule has 1 N–H and O–H groups in total. The number of fused-ring (bicyclic) bond motifs is 1. The summed E-state index contributed by atoms with van der Waals surface area (Å²) in [7, 11) is 0. The Balaban J connectivity index is 2.06. The molecule has 0 aromatic rings. The van der Waals surface area contributed by atoms with Crippen molar-refractivity contribution in [1.82, 2.24) is 0 Å². The number of allylic oxidation sites excluding steroid dienone is 2. The predicted octanol–water partition coefficient (Wildman–Crippen LogP) is 3.31. The Morgan fingerprint density at radius 2 is 2.33 bits per heavy atom. The molecule has 1 heteroatoms. The van der Waals surface area contributed by atoms with E-state index in [4.69, 9.17) is 5.11 Å². The highest BCUT2D eigenvalue weighted by Gasteiger charge is 2.31. The van der Waals surface area contributed by atoms with Crippen LogP contribution < -0.4 is 0 Å². The number of rotatable bonds is 2. The zero-order chi connectivity index (χ0) is 10.8. The molecule has 0 saturated heterocycles. The van der Waals surface area contributed by atoms with E-state index in [-0.39, 0.29) is 6.61 Å². The molecule has 0 aliphatic heterocycles. The molecule has 2 rings (SSSR count). The summed E-state index contributed by atoms with van der Waals surface area (Å²) >= 11 is 0. The van der Waals surface area contributed by atoms with E-state index in [0.29, 0.717) is 5.92 Å². The van der Waals surface area contributed by atoms with E-state index in [1.54, 1.807) is 5.57 Å². The number of hydrogen-bond acceptors (Lipinski definition) is 1. The molecule has 1 saturated carbocycles. The second-order valence-electron chi connectivity index (χ2n) is 5.23. The summed E-state index contributed by atoms with van der Waals surface area (Å²) in [6.07, 6.45) is 8.74. The lowest BCUT2D eigenvalue weighted by Gasteiger charge is -2.38. The summed E-state index contributed by atoms with van der Waals surface area (Å²) in [6, 6.07) is 0. The summed E-state index contributed by atoms with van der Waals surface area (Å²) in [6.45, 7) is 6.54. The summed E-state index contributed by atoms with van der Waals surface area (Å²) in [5, 5.41) is 9.13. The Bertz CT molecular complexity index is 277. The maximum atomic E-state index is 9.13. The van der Waals surface area contributed by atoms with Crippen LogP contribution in [-0.2, 0) is 0 Å². The van der Waals surface area contributed by atoms with Gasteiger partial charge in [0.15, 0.2) is 0 Å². The van der Waals surface area contributed by atoms with Gasteiger partial charge in [-0.3, -0.25) is 0 Å². The summed E-state index contributed by atoms with van der Waals surface area (Å²) in [4.78, 5) is 0. The highest BCUT2D eigenvalue weighted by Crippen LogP contribution is 2.43. The molecule has 0 amide bonds. The lowest BCUT2D eigenvalue weighted by Crippen LogP contribution is -2.27. The zero-order valence-corrected chi connectivity index (χ0v) is 9.71. The number of aliphatic hydroxyl groups excluding tert-OH is 1. The molecule has 1 unspecified atom stereocenters. The first-order valence-electron chi connectivity index (χ1n) is 6.19. The van der Waals surface area contributed by atoms with Crippen LogP contribution in [0.3, 0.4) is 0 Å². The molecule has 3 atom stereocenters. The van der Waals surface area contributed by atoms with Gasteiger partial charge in [-0.1, -0.05) is 25.2 Å². The lowest BCUT2D eigenvalue weighted by atomic mass is 9.67. The number of aliphatic hydroxyl groups is 1. The van der Waals surface area contributed by atoms with Gasteiger partial charge in [-0.05, 0) is 55.4 Å². The fraction of sp³-hybridized carbons (Fsp3) is 0.714. The number of hydrogen-bond donors (Lipinski definition) is 1. The van der Waals surface area contributed by atoms with E-state index in [1.807, 2.05) is 0 Å². The van der Waals surface area contributed by atoms with Crippen LogP contribution in [0, 0.1) is 17.8 Å². The predicted molar refractivity (Wildman–Crippen MR) is 63.5 cm³/mol. The maximum Gasteiger partial charge on any atom is 0.0641 e. The highest BCUT2D eigenvalue weighted by molar-refractivity contribution is 5.18. The van der Waals surface area contributed by atoms with E-state index in [1.165, 1.54) is 32.1 Å². The molecule has 84 valence electrons. The van der Waals surface area contributed by atoms with Gasteiger partial charge in [-0.25, -0.2) is 0 Å². The maximum absolute atomic E-state index is 9.13. The van der Waals surface area contributed by atoms with Crippen molar-refractivity contribution in [3.8, 4) is 0 Å². The van der Waals surface area contributed by atoms with E-state index in [0.717, 1.165) is 17.4 Å². The molecular formula is C14H22O. The Hall–Kier alpha value is -0.560. The molecule has 1 fully saturated rings.